The number of hydrogen-bond donors (Lipinski definition) is 1. The van der Waals surface area contributed by atoms with E-state index in [4.69, 9.17) is 0 Å². The van der Waals surface area contributed by atoms with Gasteiger partial charge in [0.2, 0.25) is 0 Å². The fourth-order valence-corrected chi connectivity index (χ4v) is 4.44. The Labute approximate surface area is 115 Å². The Morgan fingerprint density at radius 2 is 1.95 bits per heavy atom. The van der Waals surface area contributed by atoms with Gasteiger partial charge in [-0.3, -0.25) is 9.69 Å². The Bertz CT molecular complexity index is 360. The lowest BCUT2D eigenvalue weighted by molar-refractivity contribution is -0.156. The molecule has 3 heterocycles. The minimum absolute atomic E-state index is 0.487. The highest BCUT2D eigenvalue weighted by Crippen LogP contribution is 2.36. The molecule has 3 saturated heterocycles. The van der Waals surface area contributed by atoms with Crippen LogP contribution >= 0.6 is 0 Å². The molecule has 3 aliphatic heterocycles. The molecule has 0 aromatic rings. The number of nitrogens with zero attached hydrogens (tertiary/aromatic N) is 2. The number of fused-ring (bicyclic) bond motifs is 1. The van der Waals surface area contributed by atoms with Gasteiger partial charge in [-0.25, -0.2) is 0 Å². The first-order chi connectivity index (χ1) is 9.11. The first-order valence-corrected chi connectivity index (χ1v) is 7.85. The Balaban J connectivity index is 1.74. The highest BCUT2D eigenvalue weighted by Gasteiger charge is 2.46. The molecule has 4 heteroatoms. The summed E-state index contributed by atoms with van der Waals surface area (Å²) in [6, 6.07) is 1.21. The summed E-state index contributed by atoms with van der Waals surface area (Å²) < 4.78 is 0. The van der Waals surface area contributed by atoms with Crippen molar-refractivity contribution in [2.45, 2.75) is 69.5 Å². The first-order valence-electron chi connectivity index (χ1n) is 7.85. The van der Waals surface area contributed by atoms with Crippen molar-refractivity contribution in [2.24, 2.45) is 0 Å². The van der Waals surface area contributed by atoms with Crippen LogP contribution in [0.4, 0.5) is 0 Å². The zero-order valence-electron chi connectivity index (χ0n) is 12.0. The molecule has 108 valence electrons. The quantitative estimate of drug-likeness (QED) is 0.829. The molecule has 0 bridgehead atoms. The van der Waals surface area contributed by atoms with Gasteiger partial charge in [0.05, 0.1) is 0 Å². The van der Waals surface area contributed by atoms with Gasteiger partial charge in [0.25, 0.3) is 0 Å². The summed E-state index contributed by atoms with van der Waals surface area (Å²) in [5.41, 5.74) is -0.621. The third-order valence-electron chi connectivity index (χ3n) is 5.64. The average Bonchev–Trinajstić information content (AvgIpc) is 2.86. The van der Waals surface area contributed by atoms with Crippen LogP contribution in [0.5, 0.6) is 0 Å². The topological polar surface area (TPSA) is 43.8 Å². The Morgan fingerprint density at radius 1 is 1.11 bits per heavy atom. The number of likely N-dealkylation sites (tertiary alicyclic amines) is 1. The van der Waals surface area contributed by atoms with Crippen LogP contribution in [0.15, 0.2) is 0 Å². The van der Waals surface area contributed by atoms with Gasteiger partial charge in [0, 0.05) is 12.1 Å². The maximum absolute atomic E-state index is 11.7. The lowest BCUT2D eigenvalue weighted by Gasteiger charge is -2.49. The summed E-state index contributed by atoms with van der Waals surface area (Å²) in [6.45, 7) is 5.34. The molecule has 0 aromatic carbocycles. The summed E-state index contributed by atoms with van der Waals surface area (Å²) in [5.74, 6) is -0.624. The van der Waals surface area contributed by atoms with E-state index in [9.17, 15) is 9.90 Å². The van der Waals surface area contributed by atoms with Gasteiger partial charge < -0.3 is 10.0 Å². The molecule has 4 nitrogen and oxygen atoms in total. The summed E-state index contributed by atoms with van der Waals surface area (Å²) in [5, 5.41) is 9.63. The second-order valence-electron chi connectivity index (χ2n) is 6.74. The summed E-state index contributed by atoms with van der Waals surface area (Å²) in [7, 11) is 0. The van der Waals surface area contributed by atoms with Gasteiger partial charge >= 0.3 is 5.97 Å². The number of piperidine rings is 2. The van der Waals surface area contributed by atoms with Crippen molar-refractivity contribution in [3.05, 3.63) is 0 Å². The number of aliphatic carboxylic acids is 1. The van der Waals surface area contributed by atoms with E-state index in [2.05, 4.69) is 9.80 Å². The van der Waals surface area contributed by atoms with Gasteiger partial charge in [0.1, 0.15) is 5.54 Å². The SMILES string of the molecule is CC1(C(=O)O)CCCCN1C1CCN2CCCC2C1. The van der Waals surface area contributed by atoms with Gasteiger partial charge in [-0.15, -0.1) is 0 Å². The third kappa shape index (κ3) is 2.29. The highest BCUT2D eigenvalue weighted by atomic mass is 16.4. The van der Waals surface area contributed by atoms with E-state index in [0.717, 1.165) is 38.3 Å². The maximum Gasteiger partial charge on any atom is 0.323 e. The van der Waals surface area contributed by atoms with Crippen molar-refractivity contribution in [2.75, 3.05) is 19.6 Å². The van der Waals surface area contributed by atoms with Crippen molar-refractivity contribution < 1.29 is 9.90 Å². The van der Waals surface area contributed by atoms with E-state index < -0.39 is 11.5 Å². The minimum atomic E-state index is -0.624. The molecule has 0 aromatic heterocycles. The zero-order chi connectivity index (χ0) is 13.5. The Hall–Kier alpha value is -0.610. The smallest absolute Gasteiger partial charge is 0.323 e. The van der Waals surface area contributed by atoms with Crippen LogP contribution in [-0.4, -0.2) is 58.1 Å². The Kier molecular flexibility index (Phi) is 3.56. The molecule has 0 saturated carbocycles. The van der Waals surface area contributed by atoms with Crippen molar-refractivity contribution in [1.29, 1.82) is 0 Å². The molecule has 0 spiro atoms. The van der Waals surface area contributed by atoms with E-state index in [1.807, 2.05) is 6.92 Å². The predicted molar refractivity (Wildman–Crippen MR) is 74.2 cm³/mol. The van der Waals surface area contributed by atoms with Crippen molar-refractivity contribution in [3.63, 3.8) is 0 Å². The molecule has 3 atom stereocenters. The van der Waals surface area contributed by atoms with Crippen LogP contribution in [0.2, 0.25) is 0 Å². The van der Waals surface area contributed by atoms with E-state index in [1.165, 1.54) is 32.4 Å². The molecule has 3 rings (SSSR count). The van der Waals surface area contributed by atoms with Gasteiger partial charge in [-0.1, -0.05) is 0 Å². The maximum atomic E-state index is 11.7. The number of carbonyl (C=O) groups is 1. The van der Waals surface area contributed by atoms with E-state index >= 15 is 0 Å². The first kappa shape index (κ1) is 13.4. The van der Waals surface area contributed by atoms with Gasteiger partial charge in [0.15, 0.2) is 0 Å². The van der Waals surface area contributed by atoms with E-state index in [-0.39, 0.29) is 0 Å². The molecular weight excluding hydrogens is 240 g/mol. The molecule has 0 amide bonds. The summed E-state index contributed by atoms with van der Waals surface area (Å²) >= 11 is 0. The van der Waals surface area contributed by atoms with Crippen LogP contribution in [-0.2, 0) is 4.79 Å². The Morgan fingerprint density at radius 3 is 2.74 bits per heavy atom. The normalized spacial score (nSPS) is 41.1. The van der Waals surface area contributed by atoms with Gasteiger partial charge in [-0.2, -0.15) is 0 Å². The molecule has 19 heavy (non-hydrogen) atoms. The average molecular weight is 266 g/mol. The van der Waals surface area contributed by atoms with E-state index in [1.54, 1.807) is 0 Å². The number of rotatable bonds is 2. The van der Waals surface area contributed by atoms with Crippen LogP contribution in [0.3, 0.4) is 0 Å². The molecule has 3 unspecified atom stereocenters. The second kappa shape index (κ2) is 5.06. The molecule has 3 fully saturated rings. The largest absolute Gasteiger partial charge is 0.480 e. The van der Waals surface area contributed by atoms with E-state index in [0.29, 0.717) is 6.04 Å². The van der Waals surface area contributed by atoms with Crippen molar-refractivity contribution in [3.8, 4) is 0 Å². The second-order valence-corrected chi connectivity index (χ2v) is 6.74. The molecular formula is C15H26N2O2. The summed E-state index contributed by atoms with van der Waals surface area (Å²) in [6.07, 6.45) is 8.01. The monoisotopic (exact) mass is 266 g/mol. The van der Waals surface area contributed by atoms with Crippen LogP contribution < -0.4 is 0 Å². The summed E-state index contributed by atoms with van der Waals surface area (Å²) in [4.78, 5) is 16.6. The predicted octanol–water partition coefficient (Wildman–Crippen LogP) is 1.94. The van der Waals surface area contributed by atoms with Crippen LogP contribution in [0, 0.1) is 0 Å². The highest BCUT2D eigenvalue weighted by molar-refractivity contribution is 5.78. The minimum Gasteiger partial charge on any atom is -0.480 e. The van der Waals surface area contributed by atoms with Gasteiger partial charge in [-0.05, 0) is 71.5 Å². The molecule has 3 aliphatic rings. The van der Waals surface area contributed by atoms with Crippen LogP contribution in [0.1, 0.15) is 51.9 Å². The van der Waals surface area contributed by atoms with Crippen molar-refractivity contribution in [1.82, 2.24) is 9.80 Å². The zero-order valence-corrected chi connectivity index (χ0v) is 12.0. The standard InChI is InChI=1S/C15H26N2O2/c1-15(14(18)19)7-2-3-9-17(15)13-6-10-16-8-4-5-12(16)11-13/h12-13H,2-11H2,1H3,(H,18,19). The molecule has 1 N–H and O–H groups in total. The lowest BCUT2D eigenvalue weighted by atomic mass is 9.84. The molecule has 0 radical (unpaired) electrons. The molecule has 0 aliphatic carbocycles. The third-order valence-corrected chi connectivity index (χ3v) is 5.64. The fourth-order valence-electron chi connectivity index (χ4n) is 4.44. The fraction of sp³-hybridized carbons (Fsp3) is 0.933. The number of hydrogen-bond acceptors (Lipinski definition) is 3. The number of carboxylic acids is 1. The number of carboxylic acid groups (broad SMARTS) is 1. The lowest BCUT2D eigenvalue weighted by Crippen LogP contribution is -2.61. The van der Waals surface area contributed by atoms with Crippen LogP contribution in [0.25, 0.3) is 0 Å². The van der Waals surface area contributed by atoms with Crippen molar-refractivity contribution >= 4 is 5.97 Å².